The van der Waals surface area contributed by atoms with Gasteiger partial charge in [-0.05, 0) is 25.0 Å². The summed E-state index contributed by atoms with van der Waals surface area (Å²) in [4.78, 5) is 11.9. The van der Waals surface area contributed by atoms with Gasteiger partial charge in [-0.1, -0.05) is 17.3 Å². The molecule has 1 aromatic carbocycles. The van der Waals surface area contributed by atoms with Crippen LogP contribution in [0.2, 0.25) is 0 Å². The van der Waals surface area contributed by atoms with Gasteiger partial charge in [-0.25, -0.2) is 0 Å². The normalized spacial score (nSPS) is 11.3. The maximum absolute atomic E-state index is 11.9. The van der Waals surface area contributed by atoms with Gasteiger partial charge in [-0.3, -0.25) is 4.79 Å². The van der Waals surface area contributed by atoms with Crippen molar-refractivity contribution in [2.45, 2.75) is 12.8 Å². The molecule has 1 rings (SSSR count). The van der Waals surface area contributed by atoms with E-state index in [1.807, 2.05) is 0 Å². The van der Waals surface area contributed by atoms with Crippen molar-refractivity contribution in [3.63, 3.8) is 0 Å². The third-order valence-corrected chi connectivity index (χ3v) is 2.59. The molecule has 6 nitrogen and oxygen atoms in total. The van der Waals surface area contributed by atoms with Crippen molar-refractivity contribution in [1.82, 2.24) is 5.32 Å². The topological polar surface area (TPSA) is 96.9 Å². The van der Waals surface area contributed by atoms with Gasteiger partial charge >= 0.3 is 0 Å². The second-order valence-corrected chi connectivity index (χ2v) is 4.02. The van der Waals surface area contributed by atoms with Gasteiger partial charge in [0.05, 0.1) is 0 Å². The predicted octanol–water partition coefficient (Wildman–Crippen LogP) is 0.938. The highest BCUT2D eigenvalue weighted by molar-refractivity contribution is 6.01. The molecule has 0 atom stereocenters. The third-order valence-electron chi connectivity index (χ3n) is 2.59. The SMILES string of the molecule is COCCCCNC(=O)c1cccc(C(N)=NO)c1. The molecule has 6 heteroatoms. The Hall–Kier alpha value is -2.08. The summed E-state index contributed by atoms with van der Waals surface area (Å²) >= 11 is 0. The average molecular weight is 265 g/mol. The number of oxime groups is 1. The van der Waals surface area contributed by atoms with Crippen molar-refractivity contribution in [3.05, 3.63) is 35.4 Å². The van der Waals surface area contributed by atoms with E-state index in [2.05, 4.69) is 10.5 Å². The van der Waals surface area contributed by atoms with Crippen LogP contribution in [0.5, 0.6) is 0 Å². The summed E-state index contributed by atoms with van der Waals surface area (Å²) in [5.74, 6) is -0.195. The number of hydrogen-bond acceptors (Lipinski definition) is 4. The van der Waals surface area contributed by atoms with Gasteiger partial charge in [-0.2, -0.15) is 0 Å². The Morgan fingerprint density at radius 2 is 2.16 bits per heavy atom. The Balaban J connectivity index is 2.53. The van der Waals surface area contributed by atoms with Crippen molar-refractivity contribution in [2.75, 3.05) is 20.3 Å². The number of carbonyl (C=O) groups excluding carboxylic acids is 1. The highest BCUT2D eigenvalue weighted by Crippen LogP contribution is 2.05. The number of methoxy groups -OCH3 is 1. The minimum absolute atomic E-state index is 0.0188. The van der Waals surface area contributed by atoms with E-state index in [0.29, 0.717) is 24.3 Å². The predicted molar refractivity (Wildman–Crippen MR) is 72.4 cm³/mol. The number of amides is 1. The average Bonchev–Trinajstić information content (AvgIpc) is 2.46. The number of benzene rings is 1. The molecular weight excluding hydrogens is 246 g/mol. The second kappa shape index (κ2) is 8.10. The van der Waals surface area contributed by atoms with E-state index in [9.17, 15) is 4.79 Å². The van der Waals surface area contributed by atoms with Crippen LogP contribution < -0.4 is 11.1 Å². The first kappa shape index (κ1) is 15.0. The lowest BCUT2D eigenvalue weighted by Crippen LogP contribution is -2.25. The number of rotatable bonds is 7. The molecule has 19 heavy (non-hydrogen) atoms. The molecule has 0 aliphatic carbocycles. The summed E-state index contributed by atoms with van der Waals surface area (Å²) in [5, 5.41) is 14.3. The van der Waals surface area contributed by atoms with E-state index in [0.717, 1.165) is 12.8 Å². The number of nitrogens with one attached hydrogen (secondary N) is 1. The highest BCUT2D eigenvalue weighted by Gasteiger charge is 2.07. The molecule has 1 amide bonds. The van der Waals surface area contributed by atoms with Crippen LogP contribution in [0.4, 0.5) is 0 Å². The summed E-state index contributed by atoms with van der Waals surface area (Å²) in [6, 6.07) is 6.62. The van der Waals surface area contributed by atoms with E-state index >= 15 is 0 Å². The molecule has 0 unspecified atom stereocenters. The van der Waals surface area contributed by atoms with E-state index in [-0.39, 0.29) is 11.7 Å². The zero-order valence-electron chi connectivity index (χ0n) is 10.9. The first-order valence-electron chi connectivity index (χ1n) is 6.04. The molecular formula is C13H19N3O3. The monoisotopic (exact) mass is 265 g/mol. The zero-order chi connectivity index (χ0) is 14.1. The Morgan fingerprint density at radius 1 is 1.42 bits per heavy atom. The molecule has 0 fully saturated rings. The van der Waals surface area contributed by atoms with Crippen molar-refractivity contribution in [3.8, 4) is 0 Å². The van der Waals surface area contributed by atoms with Crippen molar-refractivity contribution in [1.29, 1.82) is 0 Å². The summed E-state index contributed by atoms with van der Waals surface area (Å²) < 4.78 is 4.92. The quantitative estimate of drug-likeness (QED) is 0.225. The van der Waals surface area contributed by atoms with Gasteiger partial charge in [0.15, 0.2) is 5.84 Å². The fourth-order valence-electron chi connectivity index (χ4n) is 1.55. The van der Waals surface area contributed by atoms with Crippen molar-refractivity contribution < 1.29 is 14.7 Å². The van der Waals surface area contributed by atoms with Crippen LogP contribution in [0.1, 0.15) is 28.8 Å². The van der Waals surface area contributed by atoms with Gasteiger partial charge in [0.25, 0.3) is 5.91 Å². The second-order valence-electron chi connectivity index (χ2n) is 4.02. The van der Waals surface area contributed by atoms with Gasteiger partial charge in [0.2, 0.25) is 0 Å². The molecule has 0 aliphatic heterocycles. The molecule has 104 valence electrons. The minimum Gasteiger partial charge on any atom is -0.409 e. The van der Waals surface area contributed by atoms with E-state index in [1.165, 1.54) is 0 Å². The Morgan fingerprint density at radius 3 is 2.84 bits per heavy atom. The number of carbonyl (C=O) groups is 1. The van der Waals surface area contributed by atoms with Crippen LogP contribution in [-0.2, 0) is 4.74 Å². The molecule has 4 N–H and O–H groups in total. The van der Waals surface area contributed by atoms with Crippen LogP contribution in [0.15, 0.2) is 29.4 Å². The minimum atomic E-state index is -0.176. The Bertz CT molecular complexity index is 447. The van der Waals surface area contributed by atoms with E-state index < -0.39 is 0 Å². The number of hydrogen-bond donors (Lipinski definition) is 3. The lowest BCUT2D eigenvalue weighted by Gasteiger charge is -2.06. The first-order valence-corrected chi connectivity index (χ1v) is 6.04. The zero-order valence-corrected chi connectivity index (χ0v) is 10.9. The summed E-state index contributed by atoms with van der Waals surface area (Å²) in [7, 11) is 1.65. The maximum Gasteiger partial charge on any atom is 0.251 e. The van der Waals surface area contributed by atoms with E-state index in [1.54, 1.807) is 31.4 Å². The number of nitrogens with zero attached hydrogens (tertiary/aromatic N) is 1. The molecule has 0 saturated heterocycles. The lowest BCUT2D eigenvalue weighted by molar-refractivity contribution is 0.0951. The molecule has 0 radical (unpaired) electrons. The Labute approximate surface area is 112 Å². The molecule has 0 bridgehead atoms. The van der Waals surface area contributed by atoms with Crippen molar-refractivity contribution >= 4 is 11.7 Å². The fourth-order valence-corrected chi connectivity index (χ4v) is 1.55. The third kappa shape index (κ3) is 4.97. The van der Waals surface area contributed by atoms with Crippen LogP contribution in [0.25, 0.3) is 0 Å². The van der Waals surface area contributed by atoms with Crippen LogP contribution in [0, 0.1) is 0 Å². The largest absolute Gasteiger partial charge is 0.409 e. The van der Waals surface area contributed by atoms with Crippen LogP contribution >= 0.6 is 0 Å². The first-order chi connectivity index (χ1) is 9.19. The Kier molecular flexibility index (Phi) is 6.38. The molecule has 1 aromatic rings. The standard InChI is InChI=1S/C13H19N3O3/c1-19-8-3-2-7-15-13(17)11-6-4-5-10(9-11)12(14)16-18/h4-6,9,18H,2-3,7-8H2,1H3,(H2,14,16)(H,15,17). The van der Waals surface area contributed by atoms with Gasteiger partial charge in [0.1, 0.15) is 0 Å². The lowest BCUT2D eigenvalue weighted by atomic mass is 10.1. The highest BCUT2D eigenvalue weighted by atomic mass is 16.5. The summed E-state index contributed by atoms with van der Waals surface area (Å²) in [6.07, 6.45) is 1.76. The molecule has 0 aliphatic rings. The molecule has 0 spiro atoms. The molecule has 0 heterocycles. The van der Waals surface area contributed by atoms with Crippen LogP contribution in [-0.4, -0.2) is 37.2 Å². The summed E-state index contributed by atoms with van der Waals surface area (Å²) in [5.41, 5.74) is 6.46. The fraction of sp³-hybridized carbons (Fsp3) is 0.385. The number of unbranched alkanes of at least 4 members (excludes halogenated alkanes) is 1. The van der Waals surface area contributed by atoms with Gasteiger partial charge in [0, 0.05) is 31.4 Å². The van der Waals surface area contributed by atoms with Crippen LogP contribution in [0.3, 0.4) is 0 Å². The molecule has 0 aromatic heterocycles. The van der Waals surface area contributed by atoms with Crippen molar-refractivity contribution in [2.24, 2.45) is 10.9 Å². The van der Waals surface area contributed by atoms with E-state index in [4.69, 9.17) is 15.7 Å². The maximum atomic E-state index is 11.9. The molecule has 0 saturated carbocycles. The number of nitrogens with two attached hydrogens (primary N) is 1. The smallest absolute Gasteiger partial charge is 0.251 e. The van der Waals surface area contributed by atoms with Gasteiger partial charge < -0.3 is 21.0 Å². The van der Waals surface area contributed by atoms with Gasteiger partial charge in [-0.15, -0.1) is 0 Å². The number of amidine groups is 1. The number of ether oxygens (including phenoxy) is 1. The summed E-state index contributed by atoms with van der Waals surface area (Å²) in [6.45, 7) is 1.28.